The van der Waals surface area contributed by atoms with Crippen molar-refractivity contribution in [2.75, 3.05) is 6.61 Å². The van der Waals surface area contributed by atoms with Crippen molar-refractivity contribution in [1.82, 2.24) is 15.0 Å². The Kier molecular flexibility index (Phi) is 5.50. The maximum Gasteiger partial charge on any atom is 0.274 e. The summed E-state index contributed by atoms with van der Waals surface area (Å²) in [4.78, 5) is 16.5. The Balaban J connectivity index is 2.02. The molecule has 1 amide bonds. The molecule has 1 heterocycles. The summed E-state index contributed by atoms with van der Waals surface area (Å²) in [5.41, 5.74) is 4.29. The fourth-order valence-corrected chi connectivity index (χ4v) is 3.67. The highest BCUT2D eigenvalue weighted by Crippen LogP contribution is 2.34. The molecule has 0 atom stereocenters. The molecule has 0 spiro atoms. The van der Waals surface area contributed by atoms with Gasteiger partial charge in [0.1, 0.15) is 5.82 Å². The lowest BCUT2D eigenvalue weighted by Gasteiger charge is -2.22. The molecule has 1 saturated carbocycles. The minimum Gasteiger partial charge on any atom is -0.396 e. The number of aliphatic hydroxyl groups is 1. The number of carbonyl (C=O) groups is 1. The number of hydroxylamine groups is 1. The SMILES string of the molecule is C=C(C(=O)NO)c1ccc2c(c1)nc(C1CCCCC1)n2CCCO. The highest BCUT2D eigenvalue weighted by Gasteiger charge is 2.22. The molecular weight excluding hydrogens is 318 g/mol. The predicted molar refractivity (Wildman–Crippen MR) is 96.2 cm³/mol. The number of carbonyl (C=O) groups excluding carboxylic acids is 1. The van der Waals surface area contributed by atoms with Crippen LogP contribution in [-0.4, -0.2) is 32.4 Å². The van der Waals surface area contributed by atoms with Crippen LogP contribution in [-0.2, 0) is 11.3 Å². The zero-order valence-electron chi connectivity index (χ0n) is 14.4. The van der Waals surface area contributed by atoms with Crippen LogP contribution in [0.4, 0.5) is 0 Å². The summed E-state index contributed by atoms with van der Waals surface area (Å²) in [5.74, 6) is 0.913. The van der Waals surface area contributed by atoms with Crippen molar-refractivity contribution < 1.29 is 15.1 Å². The number of aromatic nitrogens is 2. The smallest absolute Gasteiger partial charge is 0.274 e. The van der Waals surface area contributed by atoms with Gasteiger partial charge in [-0.15, -0.1) is 0 Å². The number of hydrogen-bond acceptors (Lipinski definition) is 4. The molecule has 1 aliphatic rings. The molecule has 0 saturated heterocycles. The summed E-state index contributed by atoms with van der Waals surface area (Å²) in [6.07, 6.45) is 6.73. The number of hydrogen-bond donors (Lipinski definition) is 3. The fourth-order valence-electron chi connectivity index (χ4n) is 3.67. The lowest BCUT2D eigenvalue weighted by Crippen LogP contribution is -2.19. The third kappa shape index (κ3) is 3.60. The largest absolute Gasteiger partial charge is 0.396 e. The summed E-state index contributed by atoms with van der Waals surface area (Å²) < 4.78 is 2.21. The van der Waals surface area contributed by atoms with Crippen molar-refractivity contribution in [2.45, 2.75) is 51.0 Å². The Hall–Kier alpha value is -2.18. The molecule has 1 aliphatic carbocycles. The summed E-state index contributed by atoms with van der Waals surface area (Å²) in [7, 11) is 0. The Morgan fingerprint density at radius 2 is 2.08 bits per heavy atom. The maximum absolute atomic E-state index is 11.6. The molecule has 3 rings (SSSR count). The summed E-state index contributed by atoms with van der Waals surface area (Å²) in [6.45, 7) is 4.61. The molecule has 1 aromatic carbocycles. The number of rotatable bonds is 6. The van der Waals surface area contributed by atoms with Crippen LogP contribution < -0.4 is 5.48 Å². The molecule has 1 aromatic heterocycles. The molecule has 6 nitrogen and oxygen atoms in total. The fraction of sp³-hybridized carbons (Fsp3) is 0.474. The first kappa shape index (κ1) is 17.6. The van der Waals surface area contributed by atoms with Gasteiger partial charge in [-0.2, -0.15) is 0 Å². The normalized spacial score (nSPS) is 15.4. The molecule has 6 heteroatoms. The average molecular weight is 343 g/mol. The predicted octanol–water partition coefficient (Wildman–Crippen LogP) is 2.99. The maximum atomic E-state index is 11.6. The van der Waals surface area contributed by atoms with E-state index in [1.54, 1.807) is 5.48 Å². The second kappa shape index (κ2) is 7.80. The van der Waals surface area contributed by atoms with Crippen molar-refractivity contribution in [3.8, 4) is 0 Å². The Labute approximate surface area is 147 Å². The molecule has 2 aromatic rings. The Morgan fingerprint density at radius 1 is 1.32 bits per heavy atom. The van der Waals surface area contributed by atoms with Gasteiger partial charge in [-0.25, -0.2) is 10.5 Å². The minimum atomic E-state index is -0.619. The van der Waals surface area contributed by atoms with Crippen LogP contribution >= 0.6 is 0 Å². The standard InChI is InChI=1S/C19H25N3O3/c1-13(19(24)21-25)15-8-9-17-16(12-15)20-18(22(17)10-5-11-23)14-6-3-2-4-7-14/h8-9,12,14,23,25H,1-7,10-11H2,(H,21,24). The van der Waals surface area contributed by atoms with E-state index >= 15 is 0 Å². The van der Waals surface area contributed by atoms with Crippen LogP contribution in [0.3, 0.4) is 0 Å². The molecule has 1 fully saturated rings. The molecule has 0 bridgehead atoms. The van der Waals surface area contributed by atoms with Crippen molar-refractivity contribution in [2.24, 2.45) is 0 Å². The summed E-state index contributed by atoms with van der Waals surface area (Å²) in [6, 6.07) is 5.60. The highest BCUT2D eigenvalue weighted by molar-refractivity contribution is 6.18. The first-order valence-corrected chi connectivity index (χ1v) is 8.90. The van der Waals surface area contributed by atoms with Crippen LogP contribution in [0.25, 0.3) is 16.6 Å². The first-order chi connectivity index (χ1) is 12.2. The van der Waals surface area contributed by atoms with Gasteiger partial charge in [0.15, 0.2) is 0 Å². The number of imidazole rings is 1. The van der Waals surface area contributed by atoms with Crippen LogP contribution in [0.15, 0.2) is 24.8 Å². The number of nitrogens with zero attached hydrogens (tertiary/aromatic N) is 2. The van der Waals surface area contributed by atoms with Crippen molar-refractivity contribution in [3.63, 3.8) is 0 Å². The summed E-state index contributed by atoms with van der Waals surface area (Å²) >= 11 is 0. The van der Waals surface area contributed by atoms with Crippen LogP contribution in [0, 0.1) is 0 Å². The molecule has 0 aliphatic heterocycles. The van der Waals surface area contributed by atoms with Crippen LogP contribution in [0.1, 0.15) is 55.8 Å². The number of fused-ring (bicyclic) bond motifs is 1. The zero-order valence-corrected chi connectivity index (χ0v) is 14.4. The van der Waals surface area contributed by atoms with Gasteiger partial charge in [0, 0.05) is 24.6 Å². The van der Waals surface area contributed by atoms with Crippen molar-refractivity contribution >= 4 is 22.5 Å². The molecule has 0 unspecified atom stereocenters. The molecule has 25 heavy (non-hydrogen) atoms. The lowest BCUT2D eigenvalue weighted by molar-refractivity contribution is -0.123. The number of nitrogens with one attached hydrogen (secondary N) is 1. The van der Waals surface area contributed by atoms with Gasteiger partial charge in [0.05, 0.1) is 11.0 Å². The van der Waals surface area contributed by atoms with Crippen LogP contribution in [0.2, 0.25) is 0 Å². The average Bonchev–Trinajstić information content (AvgIpc) is 3.03. The van der Waals surface area contributed by atoms with Gasteiger partial charge in [0.25, 0.3) is 5.91 Å². The monoisotopic (exact) mass is 343 g/mol. The number of amides is 1. The number of aliphatic hydroxyl groups excluding tert-OH is 1. The van der Waals surface area contributed by atoms with Gasteiger partial charge in [-0.1, -0.05) is 31.9 Å². The van der Waals surface area contributed by atoms with Crippen molar-refractivity contribution in [3.05, 3.63) is 36.2 Å². The van der Waals surface area contributed by atoms with Gasteiger partial charge in [0.2, 0.25) is 0 Å². The minimum absolute atomic E-state index is 0.148. The lowest BCUT2D eigenvalue weighted by atomic mass is 9.88. The van der Waals surface area contributed by atoms with Gasteiger partial charge >= 0.3 is 0 Å². The van der Waals surface area contributed by atoms with E-state index in [0.717, 1.165) is 36.2 Å². The third-order valence-corrected chi connectivity index (χ3v) is 5.01. The van der Waals surface area contributed by atoms with E-state index in [2.05, 4.69) is 11.1 Å². The van der Waals surface area contributed by atoms with E-state index in [1.165, 1.54) is 19.3 Å². The highest BCUT2D eigenvalue weighted by atomic mass is 16.5. The molecule has 3 N–H and O–H groups in total. The number of aryl methyl sites for hydroxylation is 1. The van der Waals surface area contributed by atoms with E-state index in [9.17, 15) is 9.90 Å². The van der Waals surface area contributed by atoms with E-state index in [0.29, 0.717) is 17.9 Å². The number of benzene rings is 1. The van der Waals surface area contributed by atoms with E-state index in [-0.39, 0.29) is 12.2 Å². The molecule has 134 valence electrons. The quantitative estimate of drug-likeness (QED) is 0.427. The summed E-state index contributed by atoms with van der Waals surface area (Å²) in [5, 5.41) is 18.0. The van der Waals surface area contributed by atoms with Gasteiger partial charge < -0.3 is 9.67 Å². The first-order valence-electron chi connectivity index (χ1n) is 8.90. The molecular formula is C19H25N3O3. The van der Waals surface area contributed by atoms with Gasteiger partial charge in [-0.3, -0.25) is 10.0 Å². The van der Waals surface area contributed by atoms with E-state index in [4.69, 9.17) is 10.2 Å². The second-order valence-electron chi connectivity index (χ2n) is 6.66. The second-order valence-corrected chi connectivity index (χ2v) is 6.66. The Bertz CT molecular complexity index is 776. The third-order valence-electron chi connectivity index (χ3n) is 5.01. The van der Waals surface area contributed by atoms with E-state index in [1.807, 2.05) is 18.2 Å². The molecule has 0 radical (unpaired) electrons. The van der Waals surface area contributed by atoms with Crippen LogP contribution in [0.5, 0.6) is 0 Å². The van der Waals surface area contributed by atoms with Gasteiger partial charge in [-0.05, 0) is 37.0 Å². The topological polar surface area (TPSA) is 87.4 Å². The van der Waals surface area contributed by atoms with Crippen molar-refractivity contribution in [1.29, 1.82) is 0 Å². The zero-order chi connectivity index (χ0) is 17.8. The van der Waals surface area contributed by atoms with E-state index < -0.39 is 5.91 Å². The Morgan fingerprint density at radius 3 is 2.76 bits per heavy atom.